The molecular weight excluding hydrogens is 242 g/mol. The highest BCUT2D eigenvalue weighted by molar-refractivity contribution is 7.95. The molecule has 1 fully saturated rings. The average Bonchev–Trinajstić information content (AvgIpc) is 3.10. The van der Waals surface area contributed by atoms with Crippen LogP contribution in [0.15, 0.2) is 30.3 Å². The molecule has 0 saturated heterocycles. The van der Waals surface area contributed by atoms with Crippen LogP contribution in [0.2, 0.25) is 0 Å². The lowest BCUT2D eigenvalue weighted by atomic mass is 10.3. The van der Waals surface area contributed by atoms with Gasteiger partial charge in [-0.25, -0.2) is 8.42 Å². The van der Waals surface area contributed by atoms with E-state index in [2.05, 4.69) is 0 Å². The Morgan fingerprint density at radius 1 is 1.29 bits per heavy atom. The number of hydrogen-bond acceptors (Lipinski definition) is 3. The molecule has 0 bridgehead atoms. The van der Waals surface area contributed by atoms with E-state index in [1.165, 1.54) is 7.05 Å². The summed E-state index contributed by atoms with van der Waals surface area (Å²) in [6.07, 6.45) is 0.365. The predicted molar refractivity (Wildman–Crippen MR) is 63.4 cm³/mol. The Labute approximate surface area is 99.7 Å². The number of carboxylic acid groups (broad SMARTS) is 1. The van der Waals surface area contributed by atoms with Gasteiger partial charge < -0.3 is 5.11 Å². The number of hydrogen-bond donors (Lipinski definition) is 1. The zero-order valence-corrected chi connectivity index (χ0v) is 10.1. The van der Waals surface area contributed by atoms with Gasteiger partial charge in [-0.1, -0.05) is 18.2 Å². The fraction of sp³-hybridized carbons (Fsp3) is 0.364. The molecule has 0 aromatic heterocycles. The summed E-state index contributed by atoms with van der Waals surface area (Å²) in [7, 11) is -2.46. The SMILES string of the molecule is CN(c1ccccc1)S(=O)(=O)C1(C(=O)O)CC1. The third-order valence-electron chi connectivity index (χ3n) is 3.07. The van der Waals surface area contributed by atoms with Crippen LogP contribution in [-0.2, 0) is 14.8 Å². The molecule has 1 aromatic rings. The normalized spacial score (nSPS) is 17.5. The van der Waals surface area contributed by atoms with Crippen LogP contribution in [0.1, 0.15) is 12.8 Å². The number of nitrogens with zero attached hydrogens (tertiary/aromatic N) is 1. The topological polar surface area (TPSA) is 74.7 Å². The first-order valence-electron chi connectivity index (χ1n) is 5.19. The first kappa shape index (κ1) is 11.9. The molecule has 1 aromatic carbocycles. The number of anilines is 1. The van der Waals surface area contributed by atoms with E-state index in [0.29, 0.717) is 5.69 Å². The minimum absolute atomic E-state index is 0.182. The minimum Gasteiger partial charge on any atom is -0.480 e. The van der Waals surface area contributed by atoms with E-state index in [4.69, 9.17) is 5.11 Å². The van der Waals surface area contributed by atoms with Crippen molar-refractivity contribution in [3.63, 3.8) is 0 Å². The minimum atomic E-state index is -3.85. The second-order valence-corrected chi connectivity index (χ2v) is 6.39. The molecule has 0 atom stereocenters. The number of carboxylic acids is 1. The van der Waals surface area contributed by atoms with Crippen molar-refractivity contribution >= 4 is 21.7 Å². The molecular formula is C11H13NO4S. The molecule has 1 aliphatic carbocycles. The van der Waals surface area contributed by atoms with Crippen molar-refractivity contribution in [3.05, 3.63) is 30.3 Å². The zero-order valence-electron chi connectivity index (χ0n) is 9.33. The van der Waals surface area contributed by atoms with Gasteiger partial charge in [0, 0.05) is 7.05 Å². The summed E-state index contributed by atoms with van der Waals surface area (Å²) in [5.41, 5.74) is 0.472. The Hall–Kier alpha value is -1.56. The van der Waals surface area contributed by atoms with E-state index >= 15 is 0 Å². The lowest BCUT2D eigenvalue weighted by Gasteiger charge is -2.23. The number of aliphatic carboxylic acids is 1. The van der Waals surface area contributed by atoms with Crippen molar-refractivity contribution in [2.75, 3.05) is 11.4 Å². The van der Waals surface area contributed by atoms with E-state index < -0.39 is 20.7 Å². The van der Waals surface area contributed by atoms with Crippen LogP contribution in [0.4, 0.5) is 5.69 Å². The summed E-state index contributed by atoms with van der Waals surface area (Å²) in [5, 5.41) is 9.03. The van der Waals surface area contributed by atoms with Gasteiger partial charge in [0.1, 0.15) is 0 Å². The maximum atomic E-state index is 12.2. The zero-order chi connectivity index (χ0) is 12.7. The van der Waals surface area contributed by atoms with E-state index in [1.807, 2.05) is 0 Å². The smallest absolute Gasteiger partial charge is 0.327 e. The van der Waals surface area contributed by atoms with Gasteiger partial charge in [-0.3, -0.25) is 9.10 Å². The van der Waals surface area contributed by atoms with Crippen molar-refractivity contribution in [1.82, 2.24) is 0 Å². The molecule has 0 aliphatic heterocycles. The fourth-order valence-electron chi connectivity index (χ4n) is 1.73. The van der Waals surface area contributed by atoms with Crippen LogP contribution in [0, 0.1) is 0 Å². The summed E-state index contributed by atoms with van der Waals surface area (Å²) in [5.74, 6) is -1.26. The van der Waals surface area contributed by atoms with Crippen molar-refractivity contribution < 1.29 is 18.3 Å². The third-order valence-corrected chi connectivity index (χ3v) is 5.57. The molecule has 1 N–H and O–H groups in total. The molecule has 2 rings (SSSR count). The second-order valence-electron chi connectivity index (χ2n) is 4.11. The number of benzene rings is 1. The van der Waals surface area contributed by atoms with E-state index in [9.17, 15) is 13.2 Å². The highest BCUT2D eigenvalue weighted by Crippen LogP contribution is 2.45. The Balaban J connectivity index is 2.38. The van der Waals surface area contributed by atoms with Crippen LogP contribution in [0.3, 0.4) is 0 Å². The van der Waals surface area contributed by atoms with Gasteiger partial charge in [0.15, 0.2) is 4.75 Å². The maximum Gasteiger partial charge on any atom is 0.327 e. The predicted octanol–water partition coefficient (Wildman–Crippen LogP) is 1.07. The summed E-state index contributed by atoms with van der Waals surface area (Å²) in [6.45, 7) is 0. The van der Waals surface area contributed by atoms with Crippen molar-refractivity contribution in [1.29, 1.82) is 0 Å². The first-order valence-corrected chi connectivity index (χ1v) is 6.63. The first-order chi connectivity index (χ1) is 7.92. The van der Waals surface area contributed by atoms with E-state index in [-0.39, 0.29) is 12.8 Å². The standard InChI is InChI=1S/C11H13NO4S/c1-12(9-5-3-2-4-6-9)17(15,16)11(7-8-11)10(13)14/h2-6H,7-8H2,1H3,(H,13,14). The number of rotatable bonds is 4. The van der Waals surface area contributed by atoms with Gasteiger partial charge in [0.05, 0.1) is 5.69 Å². The van der Waals surface area contributed by atoms with Crippen LogP contribution < -0.4 is 4.31 Å². The molecule has 0 amide bonds. The molecule has 1 saturated carbocycles. The second kappa shape index (κ2) is 3.73. The monoisotopic (exact) mass is 255 g/mol. The molecule has 5 nitrogen and oxygen atoms in total. The van der Waals surface area contributed by atoms with Crippen molar-refractivity contribution in [2.24, 2.45) is 0 Å². The Kier molecular flexibility index (Phi) is 2.61. The summed E-state index contributed by atoms with van der Waals surface area (Å²) in [4.78, 5) is 11.1. The average molecular weight is 255 g/mol. The molecule has 0 radical (unpaired) electrons. The number of sulfonamides is 1. The largest absolute Gasteiger partial charge is 0.480 e. The molecule has 0 unspecified atom stereocenters. The van der Waals surface area contributed by atoms with Crippen LogP contribution in [0.25, 0.3) is 0 Å². The van der Waals surface area contributed by atoms with Gasteiger partial charge in [0.2, 0.25) is 0 Å². The molecule has 1 aliphatic rings. The van der Waals surface area contributed by atoms with Crippen LogP contribution in [-0.4, -0.2) is 31.3 Å². The fourth-order valence-corrected chi connectivity index (χ4v) is 3.50. The Morgan fingerprint density at radius 2 is 1.82 bits per heavy atom. The summed E-state index contributed by atoms with van der Waals surface area (Å²) < 4.78 is 23.8. The lowest BCUT2D eigenvalue weighted by Crippen LogP contribution is -2.42. The van der Waals surface area contributed by atoms with Crippen molar-refractivity contribution in [2.45, 2.75) is 17.6 Å². The highest BCUT2D eigenvalue weighted by Gasteiger charge is 2.63. The van der Waals surface area contributed by atoms with E-state index in [1.54, 1.807) is 30.3 Å². The van der Waals surface area contributed by atoms with E-state index in [0.717, 1.165) is 4.31 Å². The quantitative estimate of drug-likeness (QED) is 0.873. The van der Waals surface area contributed by atoms with Crippen LogP contribution >= 0.6 is 0 Å². The summed E-state index contributed by atoms with van der Waals surface area (Å²) >= 11 is 0. The Bertz CT molecular complexity index is 534. The highest BCUT2D eigenvalue weighted by atomic mass is 32.2. The van der Waals surface area contributed by atoms with Gasteiger partial charge >= 0.3 is 5.97 Å². The van der Waals surface area contributed by atoms with Crippen molar-refractivity contribution in [3.8, 4) is 0 Å². The molecule has 17 heavy (non-hydrogen) atoms. The van der Waals surface area contributed by atoms with Crippen LogP contribution in [0.5, 0.6) is 0 Å². The Morgan fingerprint density at radius 3 is 2.24 bits per heavy atom. The number of para-hydroxylation sites is 1. The molecule has 6 heteroatoms. The third kappa shape index (κ3) is 1.68. The maximum absolute atomic E-state index is 12.2. The summed E-state index contributed by atoms with van der Waals surface area (Å²) in [6, 6.07) is 8.46. The molecule has 92 valence electrons. The lowest BCUT2D eigenvalue weighted by molar-refractivity contribution is -0.137. The van der Waals surface area contributed by atoms with Gasteiger partial charge in [-0.15, -0.1) is 0 Å². The van der Waals surface area contributed by atoms with Gasteiger partial charge in [0.25, 0.3) is 10.0 Å². The van der Waals surface area contributed by atoms with Gasteiger partial charge in [-0.2, -0.15) is 0 Å². The molecule has 0 heterocycles. The molecule has 0 spiro atoms. The van der Waals surface area contributed by atoms with Gasteiger partial charge in [-0.05, 0) is 25.0 Å². The number of carbonyl (C=O) groups is 1.